The van der Waals surface area contributed by atoms with Crippen LogP contribution in [-0.4, -0.2) is 70.9 Å². The molecule has 0 saturated heterocycles. The van der Waals surface area contributed by atoms with Crippen molar-refractivity contribution in [2.45, 2.75) is 311 Å². The fourth-order valence-electron chi connectivity index (χ4n) is 30.4. The summed E-state index contributed by atoms with van der Waals surface area (Å²) in [6.45, 7) is 24.8. The number of fused-ring (bicyclic) bond motifs is 27. The lowest BCUT2D eigenvalue weighted by atomic mass is 9.49. The third kappa shape index (κ3) is 10.7. The van der Waals surface area contributed by atoms with Crippen molar-refractivity contribution in [2.75, 3.05) is 0 Å². The van der Waals surface area contributed by atoms with Crippen LogP contribution in [0.5, 0.6) is 0 Å². The second-order valence-corrected chi connectivity index (χ2v) is 41.2. The fraction of sp³-hybridized carbons (Fsp3) is 0.930. The number of hydrogen-bond acceptors (Lipinski definition) is 12. The van der Waals surface area contributed by atoms with Crippen LogP contribution in [-0.2, 0) is 57.2 Å². The average molecular weight is 1350 g/mol. The minimum Gasteiger partial charge on any atom is -0.462 e. The minimum absolute atomic E-state index is 0.0278. The van der Waals surface area contributed by atoms with Gasteiger partial charge in [-0.3, -0.25) is 28.8 Å². The maximum Gasteiger partial charge on any atom is 0.311 e. The Morgan fingerprint density at radius 2 is 0.633 bits per heavy atom. The van der Waals surface area contributed by atoms with Crippen molar-refractivity contribution < 1.29 is 57.2 Å². The van der Waals surface area contributed by atoms with Crippen molar-refractivity contribution >= 4 is 35.8 Å². The molecule has 24 unspecified atom stereocenters. The molecule has 21 rings (SSSR count). The largest absolute Gasteiger partial charge is 0.462 e. The predicted molar refractivity (Wildman–Crippen MR) is 371 cm³/mol. The van der Waals surface area contributed by atoms with Crippen LogP contribution in [0.3, 0.4) is 0 Å². The molecule has 21 saturated carbocycles. The van der Waals surface area contributed by atoms with Crippen molar-refractivity contribution in [1.82, 2.24) is 0 Å². The average Bonchev–Trinajstić information content (AvgIpc) is 1.50. The standard InChI is InChI=1S/C31H46O4.C30H44O4.C25H38O4/c1-5-30(3,4)29(33)34-25-15-19-14-24(25)27-22-12-18(26(19)27)13-23(22)28(32)35-31(6-2)20-8-16-7-17(10-20)11-21(31)9-16;1-5-29(2,3)28(32)33-24-14-18-13-23(24)26-21-11-17(25(18)26)12-22(21)27(31)34-30(4)19-7-15-6-16(9-19)10-20(30)8-15;1-5-24(2,3)23(27)28-19-13-15-12-18(19)21-16-10-14(20(15)21)11-17(16)22(26)29-25(4)8-6-7-9-25/h16-27H,5-15H2,1-4H3;15-26H,5-14H2,1-4H3;14-21H,5-13H2,1-4H3. The molecule has 0 aromatic carbocycles. The first-order chi connectivity index (χ1) is 46.6. The molecule has 21 aliphatic carbocycles. The molecule has 0 aromatic heterocycles. The van der Waals surface area contributed by atoms with Crippen molar-refractivity contribution in [1.29, 1.82) is 0 Å². The van der Waals surface area contributed by atoms with Gasteiger partial charge in [-0.2, -0.15) is 0 Å². The molecule has 20 bridgehead atoms. The van der Waals surface area contributed by atoms with E-state index in [9.17, 15) is 28.8 Å². The van der Waals surface area contributed by atoms with Crippen molar-refractivity contribution in [3.63, 3.8) is 0 Å². The maximum atomic E-state index is 13.9. The van der Waals surface area contributed by atoms with Gasteiger partial charge >= 0.3 is 35.8 Å². The number of carbonyl (C=O) groups excluding carboxylic acids is 6. The Labute approximate surface area is 588 Å². The summed E-state index contributed by atoms with van der Waals surface area (Å²) in [7, 11) is 0. The first-order valence-corrected chi connectivity index (χ1v) is 42.0. The minimum atomic E-state index is -0.407. The van der Waals surface area contributed by atoms with Gasteiger partial charge in [0.15, 0.2) is 0 Å². The Bertz CT molecular complexity index is 3070. The van der Waals surface area contributed by atoms with E-state index in [0.717, 1.165) is 118 Å². The van der Waals surface area contributed by atoms with Crippen LogP contribution in [0.15, 0.2) is 0 Å². The van der Waals surface area contributed by atoms with E-state index in [0.29, 0.717) is 112 Å². The van der Waals surface area contributed by atoms with E-state index in [2.05, 4.69) is 41.5 Å². The van der Waals surface area contributed by atoms with Gasteiger partial charge in [0, 0.05) is 0 Å². The molecule has 544 valence electrons. The first-order valence-electron chi connectivity index (χ1n) is 42.0. The second kappa shape index (κ2) is 24.2. The summed E-state index contributed by atoms with van der Waals surface area (Å²) in [5.41, 5.74) is -1.84. The van der Waals surface area contributed by atoms with Gasteiger partial charge in [0.25, 0.3) is 0 Å². The van der Waals surface area contributed by atoms with Gasteiger partial charge in [-0.25, -0.2) is 0 Å². The summed E-state index contributed by atoms with van der Waals surface area (Å²) < 4.78 is 37.9. The highest BCUT2D eigenvalue weighted by atomic mass is 16.6. The molecule has 21 fully saturated rings. The van der Waals surface area contributed by atoms with Crippen LogP contribution in [0.25, 0.3) is 0 Å². The molecule has 0 aliphatic heterocycles. The molecule has 98 heavy (non-hydrogen) atoms. The first kappa shape index (κ1) is 68.0. The van der Waals surface area contributed by atoms with Crippen LogP contribution in [0.4, 0.5) is 0 Å². The van der Waals surface area contributed by atoms with Crippen LogP contribution >= 0.6 is 0 Å². The van der Waals surface area contributed by atoms with Crippen molar-refractivity contribution in [3.05, 3.63) is 0 Å². The quantitative estimate of drug-likeness (QED) is 0.0819. The van der Waals surface area contributed by atoms with Gasteiger partial charge in [0.05, 0.1) is 34.0 Å². The monoisotopic (exact) mass is 1350 g/mol. The summed E-state index contributed by atoms with van der Waals surface area (Å²) >= 11 is 0. The predicted octanol–water partition coefficient (Wildman–Crippen LogP) is 17.6. The normalized spacial score (nSPS) is 50.6. The smallest absolute Gasteiger partial charge is 0.311 e. The molecule has 0 spiro atoms. The van der Waals surface area contributed by atoms with Crippen molar-refractivity contribution in [3.8, 4) is 0 Å². The Morgan fingerprint density at radius 1 is 0.337 bits per heavy atom. The molecular formula is C86H128O12. The van der Waals surface area contributed by atoms with Crippen LogP contribution < -0.4 is 0 Å². The van der Waals surface area contributed by atoms with Crippen molar-refractivity contribution in [2.24, 2.45) is 188 Å². The summed E-state index contributed by atoms with van der Waals surface area (Å²) in [4.78, 5) is 79.2. The molecule has 0 heterocycles. The summed E-state index contributed by atoms with van der Waals surface area (Å²) in [5.74, 6) is 17.4. The van der Waals surface area contributed by atoms with E-state index in [4.69, 9.17) is 28.4 Å². The number of carbonyl (C=O) groups is 6. The lowest BCUT2D eigenvalue weighted by Gasteiger charge is -2.60. The Balaban J connectivity index is 0.000000111. The molecular weight excluding hydrogens is 1220 g/mol. The van der Waals surface area contributed by atoms with E-state index >= 15 is 0 Å². The highest BCUT2D eigenvalue weighted by Crippen LogP contribution is 2.74. The highest BCUT2D eigenvalue weighted by Gasteiger charge is 2.71. The Morgan fingerprint density at radius 3 is 0.959 bits per heavy atom. The van der Waals surface area contributed by atoms with Gasteiger partial charge in [0.1, 0.15) is 35.1 Å². The zero-order valence-electron chi connectivity index (χ0n) is 62.6. The number of rotatable bonds is 16. The molecule has 12 heteroatoms. The van der Waals surface area contributed by atoms with E-state index in [1.807, 2.05) is 41.5 Å². The zero-order chi connectivity index (χ0) is 68.4. The Kier molecular flexibility index (Phi) is 16.8. The highest BCUT2D eigenvalue weighted by molar-refractivity contribution is 5.78. The van der Waals surface area contributed by atoms with Crippen LogP contribution in [0, 0.1) is 188 Å². The number of ether oxygens (including phenoxy) is 6. The molecule has 24 atom stereocenters. The van der Waals surface area contributed by atoms with E-state index in [1.54, 1.807) is 0 Å². The van der Waals surface area contributed by atoms with E-state index in [1.165, 1.54) is 116 Å². The molecule has 0 radical (unpaired) electrons. The second-order valence-electron chi connectivity index (χ2n) is 41.2. The lowest BCUT2D eigenvalue weighted by molar-refractivity contribution is -0.217. The summed E-state index contributed by atoms with van der Waals surface area (Å²) in [6, 6.07) is 0. The SMILES string of the molecule is CCC(C)(C)C(=O)OC1CC2CC1C1C3CC(CC3C(=O)OC3(C)C4CC5CC(C4)CC3C5)C21.CCC(C)(C)C(=O)OC1CC2CC1C1C3CC(CC3C(=O)OC3(C)CCCC3)C21.CCC(C)(C)C(=O)OC1CC2CC1C1C3CC(CC3C(=O)OC3(CC)C4CC5CC(C4)CC3C5)C21. The van der Waals surface area contributed by atoms with Gasteiger partial charge in [-0.15, -0.1) is 0 Å². The molecule has 0 amide bonds. The number of esters is 6. The lowest BCUT2D eigenvalue weighted by Crippen LogP contribution is -2.60. The van der Waals surface area contributed by atoms with Gasteiger partial charge in [0.2, 0.25) is 0 Å². The van der Waals surface area contributed by atoms with Crippen LogP contribution in [0.2, 0.25) is 0 Å². The third-order valence-corrected chi connectivity index (χ3v) is 35.7. The fourth-order valence-corrected chi connectivity index (χ4v) is 30.4. The zero-order valence-corrected chi connectivity index (χ0v) is 62.6. The van der Waals surface area contributed by atoms with E-state index < -0.39 is 16.2 Å². The maximum absolute atomic E-state index is 13.9. The summed E-state index contributed by atoms with van der Waals surface area (Å²) in [6.07, 6.45) is 34.7. The van der Waals surface area contributed by atoms with Gasteiger partial charge < -0.3 is 28.4 Å². The van der Waals surface area contributed by atoms with E-state index in [-0.39, 0.29) is 88.7 Å². The van der Waals surface area contributed by atoms with Crippen LogP contribution in [0.1, 0.15) is 276 Å². The van der Waals surface area contributed by atoms with Gasteiger partial charge in [-0.1, -0.05) is 27.7 Å². The third-order valence-electron chi connectivity index (χ3n) is 35.7. The summed E-state index contributed by atoms with van der Waals surface area (Å²) in [5, 5.41) is 0. The molecule has 12 nitrogen and oxygen atoms in total. The molecule has 21 aliphatic rings. The Hall–Kier alpha value is -3.18. The topological polar surface area (TPSA) is 158 Å². The van der Waals surface area contributed by atoms with Gasteiger partial charge in [-0.05, 0) is 402 Å². The number of hydrogen-bond donors (Lipinski definition) is 0. The molecule has 0 aromatic rings. The molecule has 0 N–H and O–H groups in total.